The van der Waals surface area contributed by atoms with Crippen molar-refractivity contribution < 1.29 is 4.79 Å². The first-order chi connectivity index (χ1) is 9.67. The van der Waals surface area contributed by atoms with Gasteiger partial charge in [-0.2, -0.15) is 0 Å². The third-order valence-electron chi connectivity index (χ3n) is 3.76. The molecule has 2 N–H and O–H groups in total. The van der Waals surface area contributed by atoms with Crippen LogP contribution >= 0.6 is 15.9 Å². The first kappa shape index (κ1) is 13.6. The quantitative estimate of drug-likeness (QED) is 0.901. The van der Waals surface area contributed by atoms with E-state index >= 15 is 0 Å². The van der Waals surface area contributed by atoms with E-state index in [1.807, 2.05) is 18.2 Å². The van der Waals surface area contributed by atoms with E-state index in [1.54, 1.807) is 7.05 Å². The number of imidazole rings is 1. The maximum Gasteiger partial charge on any atom is 0.237 e. The Morgan fingerprint density at radius 1 is 1.60 bits per heavy atom. The number of nitrogens with zero attached hydrogens (tertiary/aromatic N) is 2. The Morgan fingerprint density at radius 2 is 2.45 bits per heavy atom. The number of H-pyrrole nitrogens is 1. The number of aromatic amines is 1. The van der Waals surface area contributed by atoms with Gasteiger partial charge in [0.2, 0.25) is 5.91 Å². The van der Waals surface area contributed by atoms with Crippen molar-refractivity contribution in [3.8, 4) is 0 Å². The van der Waals surface area contributed by atoms with E-state index in [9.17, 15) is 4.79 Å². The molecular weight excluding hydrogens is 320 g/mol. The van der Waals surface area contributed by atoms with Gasteiger partial charge in [0.05, 0.1) is 23.6 Å². The molecule has 0 aliphatic carbocycles. The van der Waals surface area contributed by atoms with Gasteiger partial charge >= 0.3 is 0 Å². The Labute approximate surface area is 125 Å². The van der Waals surface area contributed by atoms with Gasteiger partial charge in [0.25, 0.3) is 0 Å². The SMILES string of the molecule is CNC(=O)[C@H]1CCCN1Cc1nc2ccc(Br)cc2[nH]1. The van der Waals surface area contributed by atoms with Crippen LogP contribution in [0.3, 0.4) is 0 Å². The zero-order chi connectivity index (χ0) is 14.1. The summed E-state index contributed by atoms with van der Waals surface area (Å²) in [6.07, 6.45) is 1.98. The van der Waals surface area contributed by atoms with Crippen LogP contribution < -0.4 is 5.32 Å². The van der Waals surface area contributed by atoms with Crippen LogP contribution in [0, 0.1) is 0 Å². The van der Waals surface area contributed by atoms with Crippen LogP contribution in [-0.4, -0.2) is 40.4 Å². The third-order valence-corrected chi connectivity index (χ3v) is 4.25. The molecule has 106 valence electrons. The van der Waals surface area contributed by atoms with Gasteiger partial charge in [0, 0.05) is 11.5 Å². The van der Waals surface area contributed by atoms with Crippen molar-refractivity contribution in [2.24, 2.45) is 0 Å². The number of nitrogens with one attached hydrogen (secondary N) is 2. The molecule has 0 radical (unpaired) electrons. The molecule has 2 heterocycles. The highest BCUT2D eigenvalue weighted by molar-refractivity contribution is 9.10. The number of aromatic nitrogens is 2. The van der Waals surface area contributed by atoms with Crippen LogP contribution in [0.5, 0.6) is 0 Å². The second-order valence-corrected chi connectivity index (χ2v) is 6.00. The average Bonchev–Trinajstić information content (AvgIpc) is 3.04. The Morgan fingerprint density at radius 3 is 3.25 bits per heavy atom. The van der Waals surface area contributed by atoms with Crippen LogP contribution in [0.2, 0.25) is 0 Å². The number of amides is 1. The van der Waals surface area contributed by atoms with Crippen molar-refractivity contribution >= 4 is 32.9 Å². The molecule has 1 aromatic heterocycles. The number of carbonyl (C=O) groups is 1. The number of halogens is 1. The summed E-state index contributed by atoms with van der Waals surface area (Å²) < 4.78 is 1.03. The van der Waals surface area contributed by atoms with Crippen molar-refractivity contribution in [2.45, 2.75) is 25.4 Å². The number of benzene rings is 1. The molecular formula is C14H17BrN4O. The van der Waals surface area contributed by atoms with Gasteiger partial charge < -0.3 is 10.3 Å². The van der Waals surface area contributed by atoms with Crippen molar-refractivity contribution in [3.05, 3.63) is 28.5 Å². The van der Waals surface area contributed by atoms with Crippen molar-refractivity contribution in [1.29, 1.82) is 0 Å². The number of fused-ring (bicyclic) bond motifs is 1. The third kappa shape index (κ3) is 2.58. The summed E-state index contributed by atoms with van der Waals surface area (Å²) >= 11 is 3.46. The first-order valence-electron chi connectivity index (χ1n) is 6.77. The van der Waals surface area contributed by atoms with E-state index in [4.69, 9.17) is 0 Å². The minimum atomic E-state index is -0.0278. The van der Waals surface area contributed by atoms with Gasteiger partial charge in [-0.15, -0.1) is 0 Å². The minimum Gasteiger partial charge on any atom is -0.358 e. The summed E-state index contributed by atoms with van der Waals surface area (Å²) in [5.74, 6) is 1.01. The second-order valence-electron chi connectivity index (χ2n) is 5.09. The molecule has 1 aliphatic rings. The van der Waals surface area contributed by atoms with Crippen molar-refractivity contribution in [3.63, 3.8) is 0 Å². The number of carbonyl (C=O) groups excluding carboxylic acids is 1. The maximum atomic E-state index is 11.8. The van der Waals surface area contributed by atoms with Gasteiger partial charge in [0.1, 0.15) is 5.82 Å². The van der Waals surface area contributed by atoms with Crippen molar-refractivity contribution in [2.75, 3.05) is 13.6 Å². The number of likely N-dealkylation sites (N-methyl/N-ethyl adjacent to an activating group) is 1. The molecule has 0 spiro atoms. The largest absolute Gasteiger partial charge is 0.358 e. The predicted molar refractivity (Wildman–Crippen MR) is 81.3 cm³/mol. The van der Waals surface area contributed by atoms with Crippen LogP contribution in [0.4, 0.5) is 0 Å². The molecule has 2 aromatic rings. The Bertz CT molecular complexity index is 639. The summed E-state index contributed by atoms with van der Waals surface area (Å²) in [5, 5.41) is 2.74. The van der Waals surface area contributed by atoms with Gasteiger partial charge in [0.15, 0.2) is 0 Å². The average molecular weight is 337 g/mol. The van der Waals surface area contributed by atoms with E-state index in [1.165, 1.54) is 0 Å². The molecule has 1 saturated heterocycles. The number of hydrogen-bond acceptors (Lipinski definition) is 3. The lowest BCUT2D eigenvalue weighted by Gasteiger charge is -2.21. The highest BCUT2D eigenvalue weighted by Gasteiger charge is 2.30. The van der Waals surface area contributed by atoms with E-state index in [0.717, 1.165) is 40.7 Å². The molecule has 1 aliphatic heterocycles. The summed E-state index contributed by atoms with van der Waals surface area (Å²) in [4.78, 5) is 21.9. The molecule has 0 saturated carbocycles. The lowest BCUT2D eigenvalue weighted by molar-refractivity contribution is -0.125. The van der Waals surface area contributed by atoms with Crippen LogP contribution in [-0.2, 0) is 11.3 Å². The van der Waals surface area contributed by atoms with E-state index in [2.05, 4.69) is 36.1 Å². The molecule has 1 aromatic carbocycles. The topological polar surface area (TPSA) is 61.0 Å². The molecule has 20 heavy (non-hydrogen) atoms. The maximum absolute atomic E-state index is 11.8. The normalized spacial score (nSPS) is 19.6. The van der Waals surface area contributed by atoms with Crippen LogP contribution in [0.25, 0.3) is 11.0 Å². The molecule has 3 rings (SSSR count). The predicted octanol–water partition coefficient (Wildman–Crippen LogP) is 2.04. The lowest BCUT2D eigenvalue weighted by atomic mass is 10.2. The molecule has 6 heteroatoms. The summed E-state index contributed by atoms with van der Waals surface area (Å²) in [7, 11) is 1.69. The van der Waals surface area contributed by atoms with Gasteiger partial charge in [-0.05, 0) is 37.6 Å². The zero-order valence-corrected chi connectivity index (χ0v) is 12.9. The second kappa shape index (κ2) is 5.54. The minimum absolute atomic E-state index is 0.0278. The Balaban J connectivity index is 1.80. The lowest BCUT2D eigenvalue weighted by Crippen LogP contribution is -2.41. The highest BCUT2D eigenvalue weighted by atomic mass is 79.9. The number of likely N-dealkylation sites (tertiary alicyclic amines) is 1. The number of hydrogen-bond donors (Lipinski definition) is 2. The van der Waals surface area contributed by atoms with Crippen LogP contribution in [0.1, 0.15) is 18.7 Å². The molecule has 0 unspecified atom stereocenters. The van der Waals surface area contributed by atoms with Gasteiger partial charge in [-0.3, -0.25) is 9.69 Å². The van der Waals surface area contributed by atoms with Crippen LogP contribution in [0.15, 0.2) is 22.7 Å². The Hall–Kier alpha value is -1.40. The highest BCUT2D eigenvalue weighted by Crippen LogP contribution is 2.22. The molecule has 0 bridgehead atoms. The fraction of sp³-hybridized carbons (Fsp3) is 0.429. The molecule has 1 atom stereocenters. The van der Waals surface area contributed by atoms with Gasteiger partial charge in [-0.25, -0.2) is 4.98 Å². The summed E-state index contributed by atoms with van der Waals surface area (Å²) in [6.45, 7) is 1.63. The van der Waals surface area contributed by atoms with E-state index in [0.29, 0.717) is 6.54 Å². The summed E-state index contributed by atoms with van der Waals surface area (Å²) in [5.41, 5.74) is 1.98. The molecule has 1 amide bonds. The molecule has 1 fully saturated rings. The fourth-order valence-corrected chi connectivity index (χ4v) is 3.14. The monoisotopic (exact) mass is 336 g/mol. The van der Waals surface area contributed by atoms with Gasteiger partial charge in [-0.1, -0.05) is 15.9 Å². The fourth-order valence-electron chi connectivity index (χ4n) is 2.78. The van der Waals surface area contributed by atoms with E-state index < -0.39 is 0 Å². The van der Waals surface area contributed by atoms with E-state index in [-0.39, 0.29) is 11.9 Å². The number of rotatable bonds is 3. The smallest absolute Gasteiger partial charge is 0.237 e. The zero-order valence-electron chi connectivity index (χ0n) is 11.3. The molecule has 5 nitrogen and oxygen atoms in total. The first-order valence-corrected chi connectivity index (χ1v) is 7.56. The summed E-state index contributed by atoms with van der Waals surface area (Å²) in [6, 6.07) is 5.96. The van der Waals surface area contributed by atoms with Crippen molar-refractivity contribution in [1.82, 2.24) is 20.2 Å². The standard InChI is InChI=1S/C14H17BrN4O/c1-16-14(20)12-3-2-6-19(12)8-13-17-10-5-4-9(15)7-11(10)18-13/h4-5,7,12H,2-3,6,8H2,1H3,(H,16,20)(H,17,18)/t12-/m1/s1. The Kier molecular flexibility index (Phi) is 3.76.